The maximum atomic E-state index is 13.4. The number of cyclic esters (lactones) is 1. The Bertz CT molecular complexity index is 1170. The average Bonchev–Trinajstić information content (AvgIpc) is 3.11. The third kappa shape index (κ3) is 5.24. The topological polar surface area (TPSA) is 59.0 Å². The third-order valence-electron chi connectivity index (χ3n) is 7.12. The molecule has 5 nitrogen and oxygen atoms in total. The Balaban J connectivity index is 1.67. The summed E-state index contributed by atoms with van der Waals surface area (Å²) in [5.41, 5.74) is 3.89. The zero-order chi connectivity index (χ0) is 26.2. The van der Waals surface area contributed by atoms with E-state index in [-0.39, 0.29) is 0 Å². The van der Waals surface area contributed by atoms with Gasteiger partial charge in [-0.15, -0.1) is 0 Å². The third-order valence-corrected chi connectivity index (χ3v) is 7.12. The summed E-state index contributed by atoms with van der Waals surface area (Å²) in [5.74, 6) is 0.697. The normalized spacial score (nSPS) is 21.6. The van der Waals surface area contributed by atoms with Crippen molar-refractivity contribution in [2.24, 2.45) is 0 Å². The summed E-state index contributed by atoms with van der Waals surface area (Å²) in [5, 5.41) is 10.1. The largest absolute Gasteiger partial charge is 0.496 e. The van der Waals surface area contributed by atoms with E-state index >= 15 is 0 Å². The van der Waals surface area contributed by atoms with Crippen molar-refractivity contribution >= 4 is 11.7 Å². The van der Waals surface area contributed by atoms with Crippen molar-refractivity contribution < 1.29 is 32.5 Å². The number of rotatable bonds is 6. The van der Waals surface area contributed by atoms with Crippen LogP contribution in [-0.4, -0.2) is 35.8 Å². The minimum atomic E-state index is -4.48. The number of carbonyl (C=O) groups excluding carboxylic acids is 1. The molecule has 4 rings (SSSR count). The Morgan fingerprint density at radius 2 is 1.89 bits per heavy atom. The van der Waals surface area contributed by atoms with E-state index in [4.69, 9.17) is 9.47 Å². The van der Waals surface area contributed by atoms with Gasteiger partial charge in [0.25, 0.3) is 0 Å². The molecule has 36 heavy (non-hydrogen) atoms. The molecule has 194 valence electrons. The van der Waals surface area contributed by atoms with Gasteiger partial charge in [-0.1, -0.05) is 17.7 Å². The second-order valence-electron chi connectivity index (χ2n) is 9.73. The summed E-state index contributed by atoms with van der Waals surface area (Å²) >= 11 is 0. The molecule has 1 unspecified atom stereocenters. The first kappa shape index (κ1) is 26.1. The summed E-state index contributed by atoms with van der Waals surface area (Å²) in [6.45, 7) is 5.44. The van der Waals surface area contributed by atoms with E-state index in [1.165, 1.54) is 0 Å². The summed E-state index contributed by atoms with van der Waals surface area (Å²) in [6.07, 6.45) is -2.87. The Hall–Kier alpha value is -3.00. The van der Waals surface area contributed by atoms with Crippen LogP contribution in [-0.2, 0) is 10.9 Å². The van der Waals surface area contributed by atoms with Crippen molar-refractivity contribution in [3.05, 3.63) is 69.8 Å². The summed E-state index contributed by atoms with van der Waals surface area (Å²) in [6, 6.07) is 8.98. The Kier molecular flexibility index (Phi) is 7.36. The fourth-order valence-electron chi connectivity index (χ4n) is 5.19. The number of aryl methyl sites for hydroxylation is 1. The molecule has 0 saturated carbocycles. The zero-order valence-corrected chi connectivity index (χ0v) is 21.0. The molecule has 1 saturated heterocycles. The number of allylic oxidation sites excluding steroid dienone is 1. The standard InChI is InChI=1S/C28H32F3NO4/c1-16-11-21(13-22(12-16)28(29,30)31)26-17(2)32(27(34)36-26)15-20-7-5-6-8-23(20)24-14-19(18(3)33)9-10-25(24)35-4/h9-14,17-18,26,33H,5-8,15H2,1-4H3/t17-,18?,26-/m0/s1. The highest BCUT2D eigenvalue weighted by Gasteiger charge is 2.41. The number of aliphatic hydroxyl groups excluding tert-OH is 1. The lowest BCUT2D eigenvalue weighted by molar-refractivity contribution is -0.137. The van der Waals surface area contributed by atoms with Gasteiger partial charge in [-0.3, -0.25) is 4.90 Å². The number of hydrogen-bond donors (Lipinski definition) is 1. The molecular weight excluding hydrogens is 471 g/mol. The average molecular weight is 504 g/mol. The van der Waals surface area contributed by atoms with Gasteiger partial charge in [-0.05, 0) is 93.0 Å². The van der Waals surface area contributed by atoms with Gasteiger partial charge >= 0.3 is 12.3 Å². The van der Waals surface area contributed by atoms with E-state index in [0.717, 1.165) is 60.1 Å². The Morgan fingerprint density at radius 3 is 2.56 bits per heavy atom. The van der Waals surface area contributed by atoms with Crippen LogP contribution in [0, 0.1) is 6.92 Å². The van der Waals surface area contributed by atoms with E-state index in [1.807, 2.05) is 25.1 Å². The molecule has 2 aromatic rings. The van der Waals surface area contributed by atoms with Gasteiger partial charge in [0.2, 0.25) is 0 Å². The maximum absolute atomic E-state index is 13.4. The van der Waals surface area contributed by atoms with Crippen molar-refractivity contribution in [1.82, 2.24) is 4.90 Å². The minimum absolute atomic E-state index is 0.325. The van der Waals surface area contributed by atoms with E-state index < -0.39 is 36.1 Å². The number of ether oxygens (including phenoxy) is 2. The van der Waals surface area contributed by atoms with Gasteiger partial charge in [-0.2, -0.15) is 13.2 Å². The highest BCUT2D eigenvalue weighted by molar-refractivity contribution is 5.77. The van der Waals surface area contributed by atoms with Crippen molar-refractivity contribution in [1.29, 1.82) is 0 Å². The molecule has 1 fully saturated rings. The van der Waals surface area contributed by atoms with E-state index in [9.17, 15) is 23.1 Å². The lowest BCUT2D eigenvalue weighted by atomic mass is 9.85. The van der Waals surface area contributed by atoms with Gasteiger partial charge in [0.05, 0.1) is 24.8 Å². The highest BCUT2D eigenvalue weighted by Crippen LogP contribution is 2.41. The van der Waals surface area contributed by atoms with Crippen LogP contribution in [0.4, 0.5) is 18.0 Å². The first-order valence-electron chi connectivity index (χ1n) is 12.2. The molecule has 2 aromatic carbocycles. The molecule has 1 aliphatic heterocycles. The second-order valence-corrected chi connectivity index (χ2v) is 9.73. The monoisotopic (exact) mass is 503 g/mol. The lowest BCUT2D eigenvalue weighted by Crippen LogP contribution is -2.34. The maximum Gasteiger partial charge on any atom is 0.416 e. The van der Waals surface area contributed by atoms with Crippen LogP contribution in [0.1, 0.15) is 79.6 Å². The van der Waals surface area contributed by atoms with Gasteiger partial charge in [0.1, 0.15) is 11.9 Å². The van der Waals surface area contributed by atoms with E-state index in [2.05, 4.69) is 0 Å². The van der Waals surface area contributed by atoms with E-state index in [0.29, 0.717) is 23.4 Å². The molecule has 2 aliphatic rings. The van der Waals surface area contributed by atoms with Gasteiger partial charge in [-0.25, -0.2) is 4.79 Å². The molecule has 1 N–H and O–H groups in total. The molecular formula is C28H32F3NO4. The van der Waals surface area contributed by atoms with Crippen LogP contribution in [0.5, 0.6) is 5.75 Å². The predicted octanol–water partition coefficient (Wildman–Crippen LogP) is 6.99. The van der Waals surface area contributed by atoms with Gasteiger partial charge < -0.3 is 14.6 Å². The number of benzene rings is 2. The van der Waals surface area contributed by atoms with Crippen molar-refractivity contribution in [3.63, 3.8) is 0 Å². The first-order valence-corrected chi connectivity index (χ1v) is 12.2. The van der Waals surface area contributed by atoms with Crippen molar-refractivity contribution in [2.45, 2.75) is 70.9 Å². The van der Waals surface area contributed by atoms with Crippen LogP contribution in [0.2, 0.25) is 0 Å². The quantitative estimate of drug-likeness (QED) is 0.462. The molecule has 0 radical (unpaired) electrons. The SMILES string of the molecule is COc1ccc(C(C)O)cc1C1=C(CN2C(=O)O[C@H](c3cc(C)cc(C(F)(F)F)c3)[C@@H]2C)CCCC1. The molecule has 1 aliphatic carbocycles. The summed E-state index contributed by atoms with van der Waals surface area (Å²) in [4.78, 5) is 14.5. The van der Waals surface area contributed by atoms with Crippen LogP contribution in [0.25, 0.3) is 5.57 Å². The van der Waals surface area contributed by atoms with Crippen LogP contribution in [0.3, 0.4) is 0 Å². The summed E-state index contributed by atoms with van der Waals surface area (Å²) < 4.78 is 51.4. The van der Waals surface area contributed by atoms with Crippen molar-refractivity contribution in [3.8, 4) is 5.75 Å². The number of nitrogens with zero attached hydrogens (tertiary/aromatic N) is 1. The van der Waals surface area contributed by atoms with Crippen LogP contribution < -0.4 is 4.74 Å². The molecule has 1 heterocycles. The molecule has 0 spiro atoms. The number of methoxy groups -OCH3 is 1. The number of carbonyl (C=O) groups is 1. The first-order chi connectivity index (χ1) is 17.0. The number of halogens is 3. The molecule has 0 aromatic heterocycles. The van der Waals surface area contributed by atoms with Crippen LogP contribution >= 0.6 is 0 Å². The molecule has 8 heteroatoms. The number of aliphatic hydroxyl groups is 1. The summed E-state index contributed by atoms with van der Waals surface area (Å²) in [7, 11) is 1.60. The highest BCUT2D eigenvalue weighted by atomic mass is 19.4. The fraction of sp³-hybridized carbons (Fsp3) is 0.464. The smallest absolute Gasteiger partial charge is 0.416 e. The second kappa shape index (κ2) is 10.2. The van der Waals surface area contributed by atoms with E-state index in [1.54, 1.807) is 31.9 Å². The predicted molar refractivity (Wildman–Crippen MR) is 131 cm³/mol. The van der Waals surface area contributed by atoms with Crippen molar-refractivity contribution in [2.75, 3.05) is 13.7 Å². The fourth-order valence-corrected chi connectivity index (χ4v) is 5.19. The zero-order valence-electron chi connectivity index (χ0n) is 21.0. The number of alkyl halides is 3. The van der Waals surface area contributed by atoms with Crippen LogP contribution in [0.15, 0.2) is 42.0 Å². The molecule has 1 amide bonds. The Labute approximate surface area is 209 Å². The van der Waals surface area contributed by atoms with Gasteiger partial charge in [0.15, 0.2) is 0 Å². The number of hydrogen-bond acceptors (Lipinski definition) is 4. The minimum Gasteiger partial charge on any atom is -0.496 e. The Morgan fingerprint density at radius 1 is 1.17 bits per heavy atom. The molecule has 3 atom stereocenters. The lowest BCUT2D eigenvalue weighted by Gasteiger charge is -2.28. The number of amides is 1. The molecule has 0 bridgehead atoms. The van der Waals surface area contributed by atoms with Gasteiger partial charge in [0, 0.05) is 12.1 Å².